The van der Waals surface area contributed by atoms with Crippen molar-refractivity contribution in [3.8, 4) is 6.07 Å². The van der Waals surface area contributed by atoms with Crippen LogP contribution in [0.25, 0.3) is 0 Å². The molecule has 9 nitrogen and oxygen atoms in total. The summed E-state index contributed by atoms with van der Waals surface area (Å²) in [5.74, 6) is 0.676. The number of anilines is 2. The van der Waals surface area contributed by atoms with Crippen molar-refractivity contribution >= 4 is 29.2 Å². The van der Waals surface area contributed by atoms with Crippen LogP contribution in [0.1, 0.15) is 54.9 Å². The first-order valence-corrected chi connectivity index (χ1v) is 12.6. The molecule has 2 aromatic rings. The largest absolute Gasteiger partial charge is 0.354 e. The summed E-state index contributed by atoms with van der Waals surface area (Å²) in [4.78, 5) is 51.0. The van der Waals surface area contributed by atoms with Gasteiger partial charge < -0.3 is 14.7 Å². The Bertz CT molecular complexity index is 1240. The van der Waals surface area contributed by atoms with E-state index in [2.05, 4.69) is 16.0 Å². The number of para-hydroxylation sites is 1. The quantitative estimate of drug-likeness (QED) is 0.644. The Kier molecular flexibility index (Phi) is 6.35. The number of hydrogen-bond acceptors (Lipinski definition) is 6. The van der Waals surface area contributed by atoms with Gasteiger partial charge in [-0.15, -0.1) is 0 Å². The number of aromatic nitrogens is 1. The fourth-order valence-electron chi connectivity index (χ4n) is 5.70. The molecule has 0 bridgehead atoms. The van der Waals surface area contributed by atoms with Crippen LogP contribution in [-0.2, 0) is 9.59 Å². The van der Waals surface area contributed by atoms with E-state index in [1.807, 2.05) is 30.0 Å². The number of carbonyl (C=O) groups is 3. The fourth-order valence-corrected chi connectivity index (χ4v) is 5.70. The van der Waals surface area contributed by atoms with Gasteiger partial charge in [-0.1, -0.05) is 12.1 Å². The van der Waals surface area contributed by atoms with Crippen molar-refractivity contribution in [1.29, 1.82) is 5.26 Å². The maximum absolute atomic E-state index is 13.4. The van der Waals surface area contributed by atoms with E-state index in [4.69, 9.17) is 0 Å². The zero-order valence-corrected chi connectivity index (χ0v) is 20.5. The molecule has 3 aliphatic heterocycles. The average Bonchev–Trinajstić information content (AvgIpc) is 3.06. The number of nitriles is 1. The molecule has 0 spiro atoms. The van der Waals surface area contributed by atoms with Crippen molar-refractivity contribution in [2.24, 2.45) is 0 Å². The van der Waals surface area contributed by atoms with E-state index >= 15 is 0 Å². The van der Waals surface area contributed by atoms with Crippen LogP contribution in [0.15, 0.2) is 42.6 Å². The number of benzene rings is 1. The average molecular weight is 487 g/mol. The highest BCUT2D eigenvalue weighted by Gasteiger charge is 2.52. The smallest absolute Gasteiger partial charge is 0.257 e. The Morgan fingerprint density at radius 2 is 1.94 bits per heavy atom. The lowest BCUT2D eigenvalue weighted by Crippen LogP contribution is -2.62. The normalized spacial score (nSPS) is 21.7. The minimum Gasteiger partial charge on any atom is -0.354 e. The first-order valence-electron chi connectivity index (χ1n) is 12.6. The molecule has 1 unspecified atom stereocenters. The summed E-state index contributed by atoms with van der Waals surface area (Å²) in [6, 6.07) is 13.0. The molecule has 0 N–H and O–H groups in total. The summed E-state index contributed by atoms with van der Waals surface area (Å²) < 4.78 is 0. The van der Waals surface area contributed by atoms with Gasteiger partial charge in [-0.05, 0) is 50.5 Å². The van der Waals surface area contributed by atoms with Gasteiger partial charge in [-0.2, -0.15) is 5.26 Å². The van der Waals surface area contributed by atoms with E-state index in [-0.39, 0.29) is 17.7 Å². The molecule has 2 fully saturated rings. The molecular formula is C27H30N6O3. The first kappa shape index (κ1) is 23.8. The van der Waals surface area contributed by atoms with Gasteiger partial charge in [-0.3, -0.25) is 19.3 Å². The van der Waals surface area contributed by atoms with Crippen LogP contribution in [0, 0.1) is 11.3 Å². The third-order valence-corrected chi connectivity index (χ3v) is 7.57. The van der Waals surface area contributed by atoms with Crippen LogP contribution >= 0.6 is 0 Å². The van der Waals surface area contributed by atoms with E-state index in [9.17, 15) is 19.6 Å². The second-order valence-electron chi connectivity index (χ2n) is 9.73. The van der Waals surface area contributed by atoms with E-state index in [1.54, 1.807) is 34.2 Å². The number of amides is 3. The summed E-state index contributed by atoms with van der Waals surface area (Å²) in [5.41, 5.74) is 1.06. The highest BCUT2D eigenvalue weighted by atomic mass is 16.2. The van der Waals surface area contributed by atoms with Gasteiger partial charge in [0.15, 0.2) is 0 Å². The highest BCUT2D eigenvalue weighted by molar-refractivity contribution is 6.10. The van der Waals surface area contributed by atoms with Gasteiger partial charge in [0, 0.05) is 51.8 Å². The molecule has 3 aliphatic rings. The number of carbonyl (C=O) groups excluding carboxylic acids is 3. The number of pyridine rings is 1. The van der Waals surface area contributed by atoms with Gasteiger partial charge in [0.2, 0.25) is 11.8 Å². The lowest BCUT2D eigenvalue weighted by atomic mass is 9.98. The lowest BCUT2D eigenvalue weighted by molar-refractivity contribution is -0.131. The third kappa shape index (κ3) is 4.06. The molecule has 1 atom stereocenters. The Hall–Kier alpha value is -3.93. The van der Waals surface area contributed by atoms with Crippen molar-refractivity contribution in [2.75, 3.05) is 42.5 Å². The second kappa shape index (κ2) is 9.61. The number of nitrogens with zero attached hydrogens (tertiary/aromatic N) is 6. The van der Waals surface area contributed by atoms with Crippen molar-refractivity contribution in [1.82, 2.24) is 14.8 Å². The Labute approximate surface area is 210 Å². The standard InChI is InChI=1S/C27H30N6O3/c1-27-12-11-24(35)33(27)22-9-3-2-8-21(22)26(36)32(27)16-5-10-23(34)30-14-6-15-31(18-17-30)25-20(19-28)7-4-13-29-25/h2-4,7-9,13H,5-6,10-12,14-18H2,1H3. The Morgan fingerprint density at radius 3 is 2.78 bits per heavy atom. The molecule has 4 heterocycles. The zero-order valence-electron chi connectivity index (χ0n) is 20.5. The molecule has 2 saturated heterocycles. The first-order chi connectivity index (χ1) is 17.4. The summed E-state index contributed by atoms with van der Waals surface area (Å²) in [5, 5.41) is 9.40. The topological polar surface area (TPSA) is 101 Å². The summed E-state index contributed by atoms with van der Waals surface area (Å²) in [6.45, 7) is 4.94. The molecule has 1 aromatic heterocycles. The maximum atomic E-state index is 13.4. The van der Waals surface area contributed by atoms with Crippen LogP contribution in [0.2, 0.25) is 0 Å². The van der Waals surface area contributed by atoms with Gasteiger partial charge in [0.25, 0.3) is 5.91 Å². The van der Waals surface area contributed by atoms with Crippen LogP contribution in [0.4, 0.5) is 11.5 Å². The predicted molar refractivity (Wildman–Crippen MR) is 134 cm³/mol. The molecule has 36 heavy (non-hydrogen) atoms. The molecule has 0 aliphatic carbocycles. The van der Waals surface area contributed by atoms with Gasteiger partial charge in [0.1, 0.15) is 17.5 Å². The maximum Gasteiger partial charge on any atom is 0.257 e. The van der Waals surface area contributed by atoms with E-state index in [1.165, 1.54) is 0 Å². The predicted octanol–water partition coefficient (Wildman–Crippen LogP) is 2.77. The zero-order chi connectivity index (χ0) is 25.3. The minimum absolute atomic E-state index is 0.0279. The lowest BCUT2D eigenvalue weighted by Gasteiger charge is -2.48. The Balaban J connectivity index is 1.22. The number of fused-ring (bicyclic) bond motifs is 3. The Morgan fingerprint density at radius 1 is 1.11 bits per heavy atom. The van der Waals surface area contributed by atoms with E-state index in [0.717, 1.165) is 13.0 Å². The van der Waals surface area contributed by atoms with Crippen molar-refractivity contribution in [3.63, 3.8) is 0 Å². The summed E-state index contributed by atoms with van der Waals surface area (Å²) in [6.07, 6.45) is 4.33. The van der Waals surface area contributed by atoms with E-state index in [0.29, 0.717) is 74.5 Å². The molecule has 0 radical (unpaired) electrons. The fraction of sp³-hybridized carbons (Fsp3) is 0.444. The molecule has 9 heteroatoms. The number of rotatable bonds is 5. The van der Waals surface area contributed by atoms with Crippen LogP contribution in [0.3, 0.4) is 0 Å². The molecule has 1 aromatic carbocycles. The monoisotopic (exact) mass is 486 g/mol. The van der Waals surface area contributed by atoms with Crippen molar-refractivity contribution in [3.05, 3.63) is 53.7 Å². The minimum atomic E-state index is -0.699. The molecule has 3 amide bonds. The summed E-state index contributed by atoms with van der Waals surface area (Å²) >= 11 is 0. The third-order valence-electron chi connectivity index (χ3n) is 7.57. The van der Waals surface area contributed by atoms with Gasteiger partial charge >= 0.3 is 0 Å². The van der Waals surface area contributed by atoms with Crippen LogP contribution < -0.4 is 9.80 Å². The van der Waals surface area contributed by atoms with Gasteiger partial charge in [-0.25, -0.2) is 4.98 Å². The SMILES string of the molecule is CC12CCC(=O)N1c1ccccc1C(=O)N2CCCC(=O)N1CCCN(c2ncccc2C#N)CC1. The van der Waals surface area contributed by atoms with Crippen LogP contribution in [-0.4, -0.2) is 70.9 Å². The van der Waals surface area contributed by atoms with Crippen molar-refractivity contribution in [2.45, 2.75) is 44.7 Å². The molecule has 186 valence electrons. The molecule has 5 rings (SSSR count). The number of hydrogen-bond donors (Lipinski definition) is 0. The summed E-state index contributed by atoms with van der Waals surface area (Å²) in [7, 11) is 0. The van der Waals surface area contributed by atoms with Crippen LogP contribution in [0.5, 0.6) is 0 Å². The second-order valence-corrected chi connectivity index (χ2v) is 9.73. The molecular weight excluding hydrogens is 456 g/mol. The van der Waals surface area contributed by atoms with Gasteiger partial charge in [0.05, 0.1) is 16.8 Å². The van der Waals surface area contributed by atoms with E-state index < -0.39 is 5.66 Å². The highest BCUT2D eigenvalue weighted by Crippen LogP contribution is 2.44. The van der Waals surface area contributed by atoms with Crippen molar-refractivity contribution < 1.29 is 14.4 Å². The molecule has 0 saturated carbocycles.